The van der Waals surface area contributed by atoms with Gasteiger partial charge in [-0.05, 0) is 56.3 Å². The van der Waals surface area contributed by atoms with E-state index in [2.05, 4.69) is 44.3 Å². The van der Waals surface area contributed by atoms with Crippen LogP contribution in [0.25, 0.3) is 11.3 Å². The SMILES string of the molecule is Cc1ccc(Nc2cc(N3CCN(C(=O)c4cc(-c5ccc(F)cc5)nn4C)CC3)nc(C)n2)cc1. The summed E-state index contributed by atoms with van der Waals surface area (Å²) in [5.41, 5.74) is 4.08. The maximum atomic E-state index is 13.3. The Morgan fingerprint density at radius 1 is 0.917 bits per heavy atom. The Bertz CT molecular complexity index is 1370. The Kier molecular flexibility index (Phi) is 6.37. The molecule has 0 bridgehead atoms. The van der Waals surface area contributed by atoms with E-state index in [9.17, 15) is 9.18 Å². The lowest BCUT2D eigenvalue weighted by Gasteiger charge is -2.35. The van der Waals surface area contributed by atoms with Crippen molar-refractivity contribution in [2.75, 3.05) is 36.4 Å². The number of hydrogen-bond donors (Lipinski definition) is 1. The molecule has 8 nitrogen and oxygen atoms in total. The molecule has 0 spiro atoms. The van der Waals surface area contributed by atoms with Crippen LogP contribution in [0.2, 0.25) is 0 Å². The summed E-state index contributed by atoms with van der Waals surface area (Å²) in [6, 6.07) is 18.0. The molecule has 1 N–H and O–H groups in total. The zero-order valence-corrected chi connectivity index (χ0v) is 20.6. The van der Waals surface area contributed by atoms with Crippen molar-refractivity contribution in [1.82, 2.24) is 24.6 Å². The van der Waals surface area contributed by atoms with Crippen LogP contribution in [0.15, 0.2) is 60.7 Å². The second-order valence-corrected chi connectivity index (χ2v) is 8.97. The van der Waals surface area contributed by atoms with Crippen molar-refractivity contribution < 1.29 is 9.18 Å². The van der Waals surface area contributed by atoms with Gasteiger partial charge in [-0.25, -0.2) is 14.4 Å². The van der Waals surface area contributed by atoms with E-state index in [4.69, 9.17) is 0 Å². The van der Waals surface area contributed by atoms with Crippen molar-refractivity contribution in [3.05, 3.63) is 83.6 Å². The topological polar surface area (TPSA) is 79.2 Å². The summed E-state index contributed by atoms with van der Waals surface area (Å²) in [4.78, 5) is 26.4. The summed E-state index contributed by atoms with van der Waals surface area (Å²) < 4.78 is 14.9. The minimum Gasteiger partial charge on any atom is -0.353 e. The molecule has 0 saturated carbocycles. The van der Waals surface area contributed by atoms with Crippen LogP contribution in [-0.4, -0.2) is 56.7 Å². The number of aromatic nitrogens is 4. The molecule has 2 aromatic carbocycles. The minimum atomic E-state index is -0.305. The molecule has 0 radical (unpaired) electrons. The zero-order chi connectivity index (χ0) is 25.2. The molecular weight excluding hydrogens is 457 g/mol. The molecule has 1 aliphatic rings. The van der Waals surface area contributed by atoms with Crippen molar-refractivity contribution in [3.8, 4) is 11.3 Å². The Morgan fingerprint density at radius 2 is 1.61 bits per heavy atom. The number of carbonyl (C=O) groups excluding carboxylic acids is 1. The molecular formula is C27H28FN7O. The number of nitrogens with one attached hydrogen (secondary N) is 1. The lowest BCUT2D eigenvalue weighted by atomic mass is 10.1. The maximum absolute atomic E-state index is 13.3. The van der Waals surface area contributed by atoms with Gasteiger partial charge in [-0.3, -0.25) is 9.48 Å². The molecule has 0 atom stereocenters. The van der Waals surface area contributed by atoms with E-state index in [-0.39, 0.29) is 11.7 Å². The quantitative estimate of drug-likeness (QED) is 0.453. The number of anilines is 3. The fraction of sp³-hybridized carbons (Fsp3) is 0.259. The third-order valence-electron chi connectivity index (χ3n) is 6.28. The lowest BCUT2D eigenvalue weighted by molar-refractivity contribution is 0.0735. The molecule has 1 aliphatic heterocycles. The molecule has 1 fully saturated rings. The molecule has 0 unspecified atom stereocenters. The van der Waals surface area contributed by atoms with Crippen molar-refractivity contribution in [2.24, 2.45) is 7.05 Å². The van der Waals surface area contributed by atoms with Gasteiger partial charge >= 0.3 is 0 Å². The normalized spacial score (nSPS) is 13.7. The van der Waals surface area contributed by atoms with Crippen molar-refractivity contribution in [3.63, 3.8) is 0 Å². The van der Waals surface area contributed by atoms with Gasteiger partial charge in [-0.15, -0.1) is 0 Å². The summed E-state index contributed by atoms with van der Waals surface area (Å²) in [5.74, 6) is 1.88. The van der Waals surface area contributed by atoms with Crippen molar-refractivity contribution in [1.29, 1.82) is 0 Å². The van der Waals surface area contributed by atoms with E-state index >= 15 is 0 Å². The molecule has 1 amide bonds. The van der Waals surface area contributed by atoms with Crippen molar-refractivity contribution in [2.45, 2.75) is 13.8 Å². The minimum absolute atomic E-state index is 0.0707. The average molecular weight is 486 g/mol. The van der Waals surface area contributed by atoms with Crippen LogP contribution in [-0.2, 0) is 7.05 Å². The lowest BCUT2D eigenvalue weighted by Crippen LogP contribution is -2.49. The van der Waals surface area contributed by atoms with Crippen LogP contribution in [0, 0.1) is 19.7 Å². The van der Waals surface area contributed by atoms with Crippen LogP contribution in [0.1, 0.15) is 21.9 Å². The number of piperazine rings is 1. The molecule has 2 aromatic heterocycles. The highest BCUT2D eigenvalue weighted by Gasteiger charge is 2.26. The van der Waals surface area contributed by atoms with Crippen LogP contribution in [0.4, 0.5) is 21.7 Å². The molecule has 5 rings (SSSR count). The fourth-order valence-electron chi connectivity index (χ4n) is 4.29. The summed E-state index contributed by atoms with van der Waals surface area (Å²) in [6.07, 6.45) is 0. The smallest absolute Gasteiger partial charge is 0.272 e. The monoisotopic (exact) mass is 485 g/mol. The number of nitrogens with zero attached hydrogens (tertiary/aromatic N) is 6. The predicted molar refractivity (Wildman–Crippen MR) is 138 cm³/mol. The number of amides is 1. The van der Waals surface area contributed by atoms with Gasteiger partial charge in [0.2, 0.25) is 0 Å². The van der Waals surface area contributed by atoms with Gasteiger partial charge in [-0.1, -0.05) is 17.7 Å². The number of carbonyl (C=O) groups is 1. The average Bonchev–Trinajstić information content (AvgIpc) is 3.26. The predicted octanol–water partition coefficient (Wildman–Crippen LogP) is 4.34. The van der Waals surface area contributed by atoms with Gasteiger partial charge in [0.05, 0.1) is 5.69 Å². The van der Waals surface area contributed by atoms with Crippen molar-refractivity contribution >= 4 is 23.2 Å². The number of hydrogen-bond acceptors (Lipinski definition) is 6. The highest BCUT2D eigenvalue weighted by Crippen LogP contribution is 2.23. The van der Waals surface area contributed by atoms with Crippen LogP contribution >= 0.6 is 0 Å². The highest BCUT2D eigenvalue weighted by atomic mass is 19.1. The van der Waals surface area contributed by atoms with E-state index < -0.39 is 0 Å². The molecule has 36 heavy (non-hydrogen) atoms. The largest absolute Gasteiger partial charge is 0.353 e. The third kappa shape index (κ3) is 5.05. The van der Waals surface area contributed by atoms with Gasteiger partial charge in [-0.2, -0.15) is 5.10 Å². The van der Waals surface area contributed by atoms with Crippen LogP contribution < -0.4 is 10.2 Å². The summed E-state index contributed by atoms with van der Waals surface area (Å²) in [7, 11) is 1.75. The maximum Gasteiger partial charge on any atom is 0.272 e. The molecule has 9 heteroatoms. The van der Waals surface area contributed by atoms with E-state index in [1.54, 1.807) is 29.9 Å². The van der Waals surface area contributed by atoms with Crippen LogP contribution in [0.5, 0.6) is 0 Å². The Morgan fingerprint density at radius 3 is 2.31 bits per heavy atom. The first-order valence-electron chi connectivity index (χ1n) is 11.9. The van der Waals surface area contributed by atoms with Gasteiger partial charge in [0, 0.05) is 50.5 Å². The Labute approximate surface area is 209 Å². The molecule has 3 heterocycles. The van der Waals surface area contributed by atoms with Crippen LogP contribution in [0.3, 0.4) is 0 Å². The number of aryl methyl sites for hydroxylation is 3. The van der Waals surface area contributed by atoms with Gasteiger partial charge < -0.3 is 15.1 Å². The number of halogens is 1. The first-order valence-corrected chi connectivity index (χ1v) is 11.9. The Hall–Kier alpha value is -4.27. The third-order valence-corrected chi connectivity index (χ3v) is 6.28. The fourth-order valence-corrected chi connectivity index (χ4v) is 4.29. The summed E-state index contributed by atoms with van der Waals surface area (Å²) >= 11 is 0. The molecule has 4 aromatic rings. The second kappa shape index (κ2) is 9.77. The second-order valence-electron chi connectivity index (χ2n) is 8.97. The van der Waals surface area contributed by atoms with E-state index in [1.807, 2.05) is 30.0 Å². The standard InChI is InChI=1S/C27H28FN7O/c1-18-4-10-22(11-5-18)31-25-17-26(30-19(2)29-25)34-12-14-35(15-13-34)27(36)24-16-23(32-33(24)3)20-6-8-21(28)9-7-20/h4-11,16-17H,12-15H2,1-3H3,(H,29,30,31). The van der Waals surface area contributed by atoms with E-state index in [1.165, 1.54) is 17.7 Å². The van der Waals surface area contributed by atoms with E-state index in [0.29, 0.717) is 43.4 Å². The summed E-state index contributed by atoms with van der Waals surface area (Å²) in [5, 5.41) is 7.81. The first kappa shape index (κ1) is 23.5. The first-order chi connectivity index (χ1) is 17.4. The zero-order valence-electron chi connectivity index (χ0n) is 20.6. The molecule has 1 saturated heterocycles. The Balaban J connectivity index is 1.26. The number of rotatable bonds is 5. The molecule has 0 aliphatic carbocycles. The molecule has 184 valence electrons. The van der Waals surface area contributed by atoms with Gasteiger partial charge in [0.15, 0.2) is 0 Å². The van der Waals surface area contributed by atoms with Gasteiger partial charge in [0.25, 0.3) is 5.91 Å². The number of benzene rings is 2. The summed E-state index contributed by atoms with van der Waals surface area (Å²) in [6.45, 7) is 6.40. The van der Waals surface area contributed by atoms with E-state index in [0.717, 1.165) is 22.9 Å². The van der Waals surface area contributed by atoms with Gasteiger partial charge in [0.1, 0.15) is 29.0 Å². The highest BCUT2D eigenvalue weighted by molar-refractivity contribution is 5.94.